The summed E-state index contributed by atoms with van der Waals surface area (Å²) in [6, 6.07) is 1.08. The highest BCUT2D eigenvalue weighted by atomic mass is 19.4. The lowest BCUT2D eigenvalue weighted by molar-refractivity contribution is -0.275. The Morgan fingerprint density at radius 1 is 1.31 bits per heavy atom. The van der Waals surface area contributed by atoms with Gasteiger partial charge in [-0.3, -0.25) is 4.98 Å². The van der Waals surface area contributed by atoms with E-state index < -0.39 is 12.1 Å². The van der Waals surface area contributed by atoms with Gasteiger partial charge in [-0.05, 0) is 0 Å². The molecule has 0 saturated carbocycles. The van der Waals surface area contributed by atoms with E-state index in [1.54, 1.807) is 0 Å². The van der Waals surface area contributed by atoms with Crippen molar-refractivity contribution in [2.75, 3.05) is 7.11 Å². The number of hydrogen-bond acceptors (Lipinski definition) is 3. The highest BCUT2D eigenvalue weighted by Gasteiger charge is 2.32. The van der Waals surface area contributed by atoms with E-state index in [4.69, 9.17) is 0 Å². The summed E-state index contributed by atoms with van der Waals surface area (Å²) >= 11 is 0. The second kappa shape index (κ2) is 3.51. The molecule has 1 rings (SSSR count). The van der Waals surface area contributed by atoms with Gasteiger partial charge < -0.3 is 9.47 Å². The minimum absolute atomic E-state index is 0.0557. The Hall–Kier alpha value is -1.46. The van der Waals surface area contributed by atoms with Crippen LogP contribution in [0.1, 0.15) is 0 Å². The highest BCUT2D eigenvalue weighted by molar-refractivity contribution is 5.36. The quantitative estimate of drug-likeness (QED) is 0.719. The first-order chi connectivity index (χ1) is 6.03. The summed E-state index contributed by atoms with van der Waals surface area (Å²) in [6.45, 7) is 0. The monoisotopic (exact) mass is 193 g/mol. The normalized spacial score (nSPS) is 11.1. The van der Waals surface area contributed by atoms with E-state index in [2.05, 4.69) is 14.5 Å². The van der Waals surface area contributed by atoms with Gasteiger partial charge in [0.2, 0.25) is 0 Å². The van der Waals surface area contributed by atoms with Crippen molar-refractivity contribution in [3.63, 3.8) is 0 Å². The second-order valence-electron chi connectivity index (χ2n) is 2.07. The number of alkyl halides is 3. The smallest absolute Gasteiger partial charge is 0.491 e. The molecule has 0 aliphatic carbocycles. The molecular formula is C7H6F3NO2. The van der Waals surface area contributed by atoms with Crippen molar-refractivity contribution in [2.24, 2.45) is 0 Å². The van der Waals surface area contributed by atoms with Crippen LogP contribution in [0.2, 0.25) is 0 Å². The molecule has 72 valence electrons. The van der Waals surface area contributed by atoms with Gasteiger partial charge in [-0.1, -0.05) is 0 Å². The van der Waals surface area contributed by atoms with E-state index >= 15 is 0 Å². The molecule has 0 saturated heterocycles. The van der Waals surface area contributed by atoms with Gasteiger partial charge in [-0.25, -0.2) is 0 Å². The zero-order valence-electron chi connectivity index (χ0n) is 6.63. The Labute approximate surface area is 72.1 Å². The molecule has 0 aliphatic rings. The molecule has 0 N–H and O–H groups in total. The van der Waals surface area contributed by atoms with Crippen molar-refractivity contribution in [3.8, 4) is 11.5 Å². The van der Waals surface area contributed by atoms with Gasteiger partial charge in [0.05, 0.1) is 13.3 Å². The molecule has 0 amide bonds. The first kappa shape index (κ1) is 9.63. The summed E-state index contributed by atoms with van der Waals surface area (Å²) in [5.74, 6) is -0.454. The minimum atomic E-state index is -4.71. The summed E-state index contributed by atoms with van der Waals surface area (Å²) in [4.78, 5) is 3.57. The molecule has 0 atom stereocenters. The van der Waals surface area contributed by atoms with Crippen LogP contribution in [0.15, 0.2) is 18.5 Å². The maximum absolute atomic E-state index is 11.8. The molecule has 13 heavy (non-hydrogen) atoms. The number of pyridine rings is 1. The van der Waals surface area contributed by atoms with Crippen LogP contribution in [0.3, 0.4) is 0 Å². The maximum atomic E-state index is 11.8. The summed E-state index contributed by atoms with van der Waals surface area (Å²) in [5.41, 5.74) is 0. The molecule has 6 heteroatoms. The number of methoxy groups -OCH3 is 1. The highest BCUT2D eigenvalue weighted by Crippen LogP contribution is 2.30. The molecule has 0 unspecified atom stereocenters. The summed E-state index contributed by atoms with van der Waals surface area (Å²) < 4.78 is 43.5. The topological polar surface area (TPSA) is 31.4 Å². The van der Waals surface area contributed by atoms with E-state index in [1.165, 1.54) is 13.3 Å². The van der Waals surface area contributed by atoms with E-state index in [0.717, 1.165) is 12.3 Å². The molecule has 0 radical (unpaired) electrons. The number of hydrogen-bond donors (Lipinski definition) is 0. The van der Waals surface area contributed by atoms with Crippen LogP contribution in [0.25, 0.3) is 0 Å². The van der Waals surface area contributed by atoms with E-state index in [1.807, 2.05) is 0 Å². The van der Waals surface area contributed by atoms with Gasteiger partial charge >= 0.3 is 6.36 Å². The van der Waals surface area contributed by atoms with Crippen LogP contribution < -0.4 is 9.47 Å². The average Bonchev–Trinajstić information content (AvgIpc) is 2.02. The fourth-order valence-corrected chi connectivity index (χ4v) is 0.730. The molecule has 1 aromatic heterocycles. The van der Waals surface area contributed by atoms with Gasteiger partial charge in [0.25, 0.3) is 0 Å². The van der Waals surface area contributed by atoms with E-state index in [0.29, 0.717) is 0 Å². The van der Waals surface area contributed by atoms with Crippen molar-refractivity contribution in [3.05, 3.63) is 18.5 Å². The van der Waals surface area contributed by atoms with Crippen molar-refractivity contribution in [2.45, 2.75) is 6.36 Å². The lowest BCUT2D eigenvalue weighted by atomic mass is 10.4. The predicted octanol–water partition coefficient (Wildman–Crippen LogP) is 1.99. The second-order valence-corrected chi connectivity index (χ2v) is 2.07. The minimum Gasteiger partial charge on any atom is -0.491 e. The average molecular weight is 193 g/mol. The Bertz CT molecular complexity index is 287. The third-order valence-corrected chi connectivity index (χ3v) is 1.19. The largest absolute Gasteiger partial charge is 0.573 e. The molecule has 0 aromatic carbocycles. The Morgan fingerprint density at radius 3 is 2.54 bits per heavy atom. The molecule has 0 bridgehead atoms. The van der Waals surface area contributed by atoms with Gasteiger partial charge in [0.1, 0.15) is 0 Å². The molecular weight excluding hydrogens is 187 g/mol. The van der Waals surface area contributed by atoms with Gasteiger partial charge in [0.15, 0.2) is 11.5 Å². The third kappa shape index (κ3) is 2.81. The first-order valence-electron chi connectivity index (χ1n) is 3.26. The Kier molecular flexibility index (Phi) is 2.60. The molecule has 1 heterocycles. The molecule has 0 spiro atoms. The third-order valence-electron chi connectivity index (χ3n) is 1.19. The lowest BCUT2D eigenvalue weighted by Crippen LogP contribution is -2.17. The van der Waals surface area contributed by atoms with Gasteiger partial charge in [-0.15, -0.1) is 13.2 Å². The maximum Gasteiger partial charge on any atom is 0.573 e. The Morgan fingerprint density at radius 2 is 2.00 bits per heavy atom. The van der Waals surface area contributed by atoms with Crippen molar-refractivity contribution >= 4 is 0 Å². The summed E-state index contributed by atoms with van der Waals surface area (Å²) in [5, 5.41) is 0. The van der Waals surface area contributed by atoms with E-state index in [-0.39, 0.29) is 5.75 Å². The number of halogens is 3. The number of ether oxygens (including phenoxy) is 2. The fourth-order valence-electron chi connectivity index (χ4n) is 0.730. The fraction of sp³-hybridized carbons (Fsp3) is 0.286. The van der Waals surface area contributed by atoms with Crippen LogP contribution in [0.4, 0.5) is 13.2 Å². The van der Waals surface area contributed by atoms with E-state index in [9.17, 15) is 13.2 Å². The summed E-state index contributed by atoms with van der Waals surface area (Å²) in [7, 11) is 1.24. The van der Waals surface area contributed by atoms with Crippen molar-refractivity contribution in [1.82, 2.24) is 4.98 Å². The zero-order chi connectivity index (χ0) is 9.90. The van der Waals surface area contributed by atoms with Crippen LogP contribution in [0.5, 0.6) is 11.5 Å². The van der Waals surface area contributed by atoms with Crippen molar-refractivity contribution in [1.29, 1.82) is 0 Å². The van der Waals surface area contributed by atoms with Crippen LogP contribution in [-0.2, 0) is 0 Å². The van der Waals surface area contributed by atoms with Crippen LogP contribution in [-0.4, -0.2) is 18.5 Å². The molecule has 0 fully saturated rings. The number of nitrogens with zero attached hydrogens (tertiary/aromatic N) is 1. The van der Waals surface area contributed by atoms with Crippen molar-refractivity contribution < 1.29 is 22.6 Å². The molecule has 0 aliphatic heterocycles. The zero-order valence-corrected chi connectivity index (χ0v) is 6.63. The Balaban J connectivity index is 2.87. The number of rotatable bonds is 2. The summed E-state index contributed by atoms with van der Waals surface area (Å²) in [6.07, 6.45) is -2.39. The number of aromatic nitrogens is 1. The predicted molar refractivity (Wildman–Crippen MR) is 37.5 cm³/mol. The van der Waals surface area contributed by atoms with Crippen LogP contribution in [0, 0.1) is 0 Å². The molecule has 3 nitrogen and oxygen atoms in total. The van der Waals surface area contributed by atoms with Gasteiger partial charge in [0, 0.05) is 12.3 Å². The lowest BCUT2D eigenvalue weighted by Gasteiger charge is -2.10. The van der Waals surface area contributed by atoms with Gasteiger partial charge in [-0.2, -0.15) is 0 Å². The van der Waals surface area contributed by atoms with Crippen LogP contribution >= 0.6 is 0 Å². The SMILES string of the molecule is COc1cnccc1OC(F)(F)F. The first-order valence-corrected chi connectivity index (χ1v) is 3.26. The standard InChI is InChI=1S/C7H6F3NO2/c1-12-6-4-11-3-2-5(6)13-7(8,9)10/h2-4H,1H3. The molecule has 1 aromatic rings.